The Labute approximate surface area is 233 Å². The SMILES string of the molecule is c1ccc(-c2cc(-c3ccc4ccc5ccccc5c4c3)cc(-c3ccc4ccc5ccccc5c4c3)c2)cc1. The molecule has 40 heavy (non-hydrogen) atoms. The molecule has 0 saturated heterocycles. The van der Waals surface area contributed by atoms with E-state index in [-0.39, 0.29) is 0 Å². The zero-order valence-electron chi connectivity index (χ0n) is 22.0. The Morgan fingerprint density at radius 1 is 0.200 bits per heavy atom. The van der Waals surface area contributed by atoms with Gasteiger partial charge in [-0.15, -0.1) is 0 Å². The van der Waals surface area contributed by atoms with E-state index in [2.05, 4.69) is 158 Å². The molecule has 8 aromatic rings. The molecule has 8 rings (SSSR count). The highest BCUT2D eigenvalue weighted by Gasteiger charge is 2.10. The average Bonchev–Trinajstić information content (AvgIpc) is 3.04. The molecule has 0 spiro atoms. The van der Waals surface area contributed by atoms with Crippen molar-refractivity contribution in [3.63, 3.8) is 0 Å². The molecule has 8 aromatic carbocycles. The monoisotopic (exact) mass is 506 g/mol. The lowest BCUT2D eigenvalue weighted by Crippen LogP contribution is -1.87. The van der Waals surface area contributed by atoms with E-state index in [4.69, 9.17) is 0 Å². The van der Waals surface area contributed by atoms with Gasteiger partial charge in [0, 0.05) is 0 Å². The number of benzene rings is 8. The van der Waals surface area contributed by atoms with Crippen LogP contribution in [0.25, 0.3) is 76.5 Å². The lowest BCUT2D eigenvalue weighted by atomic mass is 9.91. The number of rotatable bonds is 3. The molecule has 0 saturated carbocycles. The van der Waals surface area contributed by atoms with Crippen LogP contribution in [0.4, 0.5) is 0 Å². The van der Waals surface area contributed by atoms with Gasteiger partial charge in [-0.05, 0) is 107 Å². The van der Waals surface area contributed by atoms with Crippen molar-refractivity contribution in [1.82, 2.24) is 0 Å². The van der Waals surface area contributed by atoms with Gasteiger partial charge < -0.3 is 0 Å². The molecule has 0 atom stereocenters. The Morgan fingerprint density at radius 3 is 1.07 bits per heavy atom. The van der Waals surface area contributed by atoms with Gasteiger partial charge >= 0.3 is 0 Å². The van der Waals surface area contributed by atoms with Crippen LogP contribution < -0.4 is 0 Å². The van der Waals surface area contributed by atoms with E-state index >= 15 is 0 Å². The highest BCUT2D eigenvalue weighted by Crippen LogP contribution is 2.37. The first-order valence-corrected chi connectivity index (χ1v) is 13.8. The summed E-state index contributed by atoms with van der Waals surface area (Å²) in [6.07, 6.45) is 0. The molecule has 0 heterocycles. The van der Waals surface area contributed by atoms with Crippen molar-refractivity contribution in [2.75, 3.05) is 0 Å². The molecule has 0 aliphatic rings. The van der Waals surface area contributed by atoms with E-state index < -0.39 is 0 Å². The Bertz CT molecular complexity index is 2070. The molecule has 0 radical (unpaired) electrons. The summed E-state index contributed by atoms with van der Waals surface area (Å²) in [4.78, 5) is 0. The van der Waals surface area contributed by atoms with Crippen molar-refractivity contribution in [1.29, 1.82) is 0 Å². The van der Waals surface area contributed by atoms with Gasteiger partial charge in [-0.3, -0.25) is 0 Å². The van der Waals surface area contributed by atoms with Crippen LogP contribution in [-0.2, 0) is 0 Å². The minimum Gasteiger partial charge on any atom is -0.0622 e. The van der Waals surface area contributed by atoms with Crippen LogP contribution in [0.3, 0.4) is 0 Å². The minimum absolute atomic E-state index is 1.23. The molecular formula is C40H26. The van der Waals surface area contributed by atoms with E-state index in [1.807, 2.05) is 0 Å². The minimum atomic E-state index is 1.23. The van der Waals surface area contributed by atoms with Gasteiger partial charge in [0.25, 0.3) is 0 Å². The van der Waals surface area contributed by atoms with E-state index in [9.17, 15) is 0 Å². The fourth-order valence-corrected chi connectivity index (χ4v) is 6.12. The summed E-state index contributed by atoms with van der Waals surface area (Å²) in [5.41, 5.74) is 7.36. The Morgan fingerprint density at radius 2 is 0.575 bits per heavy atom. The first-order chi connectivity index (χ1) is 19.8. The first-order valence-electron chi connectivity index (χ1n) is 13.8. The van der Waals surface area contributed by atoms with Crippen LogP contribution in [-0.4, -0.2) is 0 Å². The standard InChI is InChI=1S/C40H26/c1-2-8-27(9-3-1)34-22-35(32-20-18-30-16-14-28-10-4-6-12-37(28)39(30)25-32)24-36(23-34)33-21-19-31-17-15-29-11-5-7-13-38(29)40(31)26-33/h1-26H. The largest absolute Gasteiger partial charge is 0.0622 e. The summed E-state index contributed by atoms with van der Waals surface area (Å²) < 4.78 is 0. The highest BCUT2D eigenvalue weighted by atomic mass is 14.1. The third-order valence-electron chi connectivity index (χ3n) is 8.20. The van der Waals surface area contributed by atoms with Gasteiger partial charge in [-0.1, -0.05) is 127 Å². The molecule has 0 amide bonds. The summed E-state index contributed by atoms with van der Waals surface area (Å²) in [5, 5.41) is 10.2. The maximum absolute atomic E-state index is 2.36. The van der Waals surface area contributed by atoms with Crippen molar-refractivity contribution in [2.24, 2.45) is 0 Å². The van der Waals surface area contributed by atoms with Crippen molar-refractivity contribution in [3.05, 3.63) is 158 Å². The van der Waals surface area contributed by atoms with Crippen molar-refractivity contribution >= 4 is 43.1 Å². The maximum Gasteiger partial charge on any atom is -0.00992 e. The number of hydrogen-bond acceptors (Lipinski definition) is 0. The molecule has 0 fully saturated rings. The topological polar surface area (TPSA) is 0 Å². The second kappa shape index (κ2) is 9.22. The molecular weight excluding hydrogens is 480 g/mol. The van der Waals surface area contributed by atoms with Crippen LogP contribution in [0.15, 0.2) is 158 Å². The Hall–Kier alpha value is -5.20. The van der Waals surface area contributed by atoms with Crippen LogP contribution in [0.2, 0.25) is 0 Å². The molecule has 0 heteroatoms. The van der Waals surface area contributed by atoms with Gasteiger partial charge in [0.05, 0.1) is 0 Å². The number of hydrogen-bond donors (Lipinski definition) is 0. The molecule has 0 unspecified atom stereocenters. The Balaban J connectivity index is 1.36. The predicted molar refractivity (Wildman–Crippen MR) is 173 cm³/mol. The smallest absolute Gasteiger partial charge is 0.00992 e. The quantitative estimate of drug-likeness (QED) is 0.209. The predicted octanol–water partition coefficient (Wildman–Crippen LogP) is 11.3. The summed E-state index contributed by atoms with van der Waals surface area (Å²) in [6.45, 7) is 0. The number of fused-ring (bicyclic) bond motifs is 6. The van der Waals surface area contributed by atoms with Crippen molar-refractivity contribution in [3.8, 4) is 33.4 Å². The average molecular weight is 507 g/mol. The van der Waals surface area contributed by atoms with Crippen LogP contribution >= 0.6 is 0 Å². The lowest BCUT2D eigenvalue weighted by Gasteiger charge is -2.13. The zero-order valence-corrected chi connectivity index (χ0v) is 22.0. The second-order valence-electron chi connectivity index (χ2n) is 10.6. The summed E-state index contributed by atoms with van der Waals surface area (Å²) in [5.74, 6) is 0. The van der Waals surface area contributed by atoms with Gasteiger partial charge in [0.15, 0.2) is 0 Å². The van der Waals surface area contributed by atoms with Crippen LogP contribution in [0, 0.1) is 0 Å². The molecule has 0 aliphatic heterocycles. The summed E-state index contributed by atoms with van der Waals surface area (Å²) in [6, 6.07) is 57.7. The van der Waals surface area contributed by atoms with E-state index in [0.29, 0.717) is 0 Å². The normalized spacial score (nSPS) is 11.5. The van der Waals surface area contributed by atoms with E-state index in [1.54, 1.807) is 0 Å². The van der Waals surface area contributed by atoms with Gasteiger partial charge in [-0.2, -0.15) is 0 Å². The molecule has 0 aliphatic carbocycles. The molecule has 0 bridgehead atoms. The first kappa shape index (κ1) is 22.8. The van der Waals surface area contributed by atoms with E-state index in [0.717, 1.165) is 0 Å². The highest BCUT2D eigenvalue weighted by molar-refractivity contribution is 6.10. The van der Waals surface area contributed by atoms with Crippen molar-refractivity contribution < 1.29 is 0 Å². The molecule has 0 N–H and O–H groups in total. The zero-order chi connectivity index (χ0) is 26.5. The fourth-order valence-electron chi connectivity index (χ4n) is 6.12. The molecule has 0 aromatic heterocycles. The van der Waals surface area contributed by atoms with Gasteiger partial charge in [0.1, 0.15) is 0 Å². The summed E-state index contributed by atoms with van der Waals surface area (Å²) in [7, 11) is 0. The fraction of sp³-hybridized carbons (Fsp3) is 0. The second-order valence-corrected chi connectivity index (χ2v) is 10.6. The van der Waals surface area contributed by atoms with E-state index in [1.165, 1.54) is 76.5 Å². The van der Waals surface area contributed by atoms with Crippen LogP contribution in [0.1, 0.15) is 0 Å². The lowest BCUT2D eigenvalue weighted by molar-refractivity contribution is 1.58. The maximum atomic E-state index is 2.36. The summed E-state index contributed by atoms with van der Waals surface area (Å²) >= 11 is 0. The third-order valence-corrected chi connectivity index (χ3v) is 8.20. The van der Waals surface area contributed by atoms with Crippen molar-refractivity contribution in [2.45, 2.75) is 0 Å². The molecule has 186 valence electrons. The Kier molecular flexibility index (Phi) is 5.24. The molecule has 0 nitrogen and oxygen atoms in total. The van der Waals surface area contributed by atoms with Crippen LogP contribution in [0.5, 0.6) is 0 Å². The third kappa shape index (κ3) is 3.85. The van der Waals surface area contributed by atoms with Gasteiger partial charge in [0.2, 0.25) is 0 Å². The van der Waals surface area contributed by atoms with Gasteiger partial charge in [-0.25, -0.2) is 0 Å².